The van der Waals surface area contributed by atoms with E-state index in [1.807, 2.05) is 0 Å². The molecular formula is C12H17ClFNO3S. The van der Waals surface area contributed by atoms with Crippen LogP contribution >= 0.6 is 11.6 Å². The van der Waals surface area contributed by atoms with Gasteiger partial charge in [-0.3, -0.25) is 0 Å². The molecule has 7 heteroatoms. The van der Waals surface area contributed by atoms with Crippen molar-refractivity contribution < 1.29 is 17.9 Å². The van der Waals surface area contributed by atoms with Crippen molar-refractivity contribution in [1.82, 2.24) is 4.72 Å². The number of nitrogens with one attached hydrogen (secondary N) is 1. The Balaban J connectivity index is 2.91. The minimum Gasteiger partial charge on any atom is -0.391 e. The van der Waals surface area contributed by atoms with Crippen LogP contribution in [-0.2, 0) is 10.0 Å². The molecule has 4 nitrogen and oxygen atoms in total. The van der Waals surface area contributed by atoms with Crippen LogP contribution < -0.4 is 4.72 Å². The highest BCUT2D eigenvalue weighted by Crippen LogP contribution is 2.22. The van der Waals surface area contributed by atoms with Gasteiger partial charge in [0.1, 0.15) is 4.90 Å². The number of hydrogen-bond donors (Lipinski definition) is 2. The molecule has 108 valence electrons. The van der Waals surface area contributed by atoms with E-state index in [0.29, 0.717) is 0 Å². The van der Waals surface area contributed by atoms with Gasteiger partial charge < -0.3 is 5.11 Å². The van der Waals surface area contributed by atoms with Gasteiger partial charge in [0, 0.05) is 6.54 Å². The maximum Gasteiger partial charge on any atom is 0.243 e. The Morgan fingerprint density at radius 3 is 2.53 bits per heavy atom. The van der Waals surface area contributed by atoms with E-state index in [0.717, 1.165) is 6.07 Å². The third kappa shape index (κ3) is 4.14. The molecule has 1 aromatic carbocycles. The third-order valence-electron chi connectivity index (χ3n) is 2.67. The fraction of sp³-hybridized carbons (Fsp3) is 0.500. The van der Waals surface area contributed by atoms with E-state index in [9.17, 15) is 17.9 Å². The predicted octanol–water partition coefficient (Wildman–Crippen LogP) is 2.16. The Morgan fingerprint density at radius 2 is 2.00 bits per heavy atom. The first-order valence-corrected chi connectivity index (χ1v) is 7.53. The Bertz CT molecular complexity index is 555. The lowest BCUT2D eigenvalue weighted by Crippen LogP contribution is -2.39. The lowest BCUT2D eigenvalue weighted by molar-refractivity contribution is 0.0677. The smallest absolute Gasteiger partial charge is 0.243 e. The van der Waals surface area contributed by atoms with Crippen LogP contribution in [0.5, 0.6) is 0 Å². The monoisotopic (exact) mass is 309 g/mol. The molecule has 1 aromatic rings. The summed E-state index contributed by atoms with van der Waals surface area (Å²) >= 11 is 5.54. The first kappa shape index (κ1) is 16.4. The zero-order valence-corrected chi connectivity index (χ0v) is 12.5. The number of hydrogen-bond acceptors (Lipinski definition) is 3. The minimum absolute atomic E-state index is 0.197. The lowest BCUT2D eigenvalue weighted by Gasteiger charge is -2.25. The number of rotatable bonds is 4. The van der Waals surface area contributed by atoms with E-state index in [2.05, 4.69) is 4.72 Å². The molecule has 0 aromatic heterocycles. The van der Waals surface area contributed by atoms with Crippen molar-refractivity contribution in [3.05, 3.63) is 29.0 Å². The van der Waals surface area contributed by atoms with E-state index in [-0.39, 0.29) is 11.6 Å². The number of aliphatic hydroxyl groups excluding tert-OH is 1. The van der Waals surface area contributed by atoms with Gasteiger partial charge >= 0.3 is 0 Å². The van der Waals surface area contributed by atoms with Crippen molar-refractivity contribution >= 4 is 21.6 Å². The summed E-state index contributed by atoms with van der Waals surface area (Å²) in [4.78, 5) is -0.527. The highest BCUT2D eigenvalue weighted by atomic mass is 35.5. The number of benzene rings is 1. The van der Waals surface area contributed by atoms with Gasteiger partial charge in [-0.05, 0) is 17.5 Å². The largest absolute Gasteiger partial charge is 0.391 e. The quantitative estimate of drug-likeness (QED) is 0.895. The minimum atomic E-state index is -4.04. The standard InChI is InChI=1S/C12H17ClFNO3S/c1-12(2,3)10(16)7-15-19(17,18)9-6-4-5-8(13)11(9)14/h4-6,10,15-16H,7H2,1-3H3. The summed E-state index contributed by atoms with van der Waals surface area (Å²) in [5, 5.41) is 9.51. The Hall–Kier alpha value is -0.690. The van der Waals surface area contributed by atoms with Crippen LogP contribution in [0.15, 0.2) is 23.1 Å². The highest BCUT2D eigenvalue weighted by Gasteiger charge is 2.26. The fourth-order valence-corrected chi connectivity index (χ4v) is 2.63. The molecule has 0 fully saturated rings. The molecule has 0 aliphatic rings. The molecule has 0 heterocycles. The molecule has 0 aliphatic carbocycles. The SMILES string of the molecule is CC(C)(C)C(O)CNS(=O)(=O)c1cccc(Cl)c1F. The Kier molecular flexibility index (Phi) is 4.95. The molecule has 0 bridgehead atoms. The maximum atomic E-state index is 13.6. The molecule has 1 unspecified atom stereocenters. The van der Waals surface area contributed by atoms with Gasteiger partial charge in [-0.15, -0.1) is 0 Å². The topological polar surface area (TPSA) is 66.4 Å². The van der Waals surface area contributed by atoms with E-state index in [1.165, 1.54) is 12.1 Å². The number of halogens is 2. The summed E-state index contributed by atoms with van der Waals surface area (Å²) in [6.07, 6.45) is -0.885. The first-order chi connectivity index (χ1) is 8.55. The normalized spacial score (nSPS) is 14.4. The zero-order valence-electron chi connectivity index (χ0n) is 10.9. The molecule has 1 rings (SSSR count). The van der Waals surface area contributed by atoms with Crippen molar-refractivity contribution in [2.45, 2.75) is 31.8 Å². The van der Waals surface area contributed by atoms with Crippen LogP contribution in [-0.4, -0.2) is 26.2 Å². The van der Waals surface area contributed by atoms with Gasteiger partial charge in [0.2, 0.25) is 10.0 Å². The first-order valence-electron chi connectivity index (χ1n) is 5.67. The van der Waals surface area contributed by atoms with Crippen LogP contribution in [0.2, 0.25) is 5.02 Å². The Labute approximate surface area is 117 Å². The van der Waals surface area contributed by atoms with Gasteiger partial charge in [-0.1, -0.05) is 38.4 Å². The van der Waals surface area contributed by atoms with Gasteiger partial charge in [0.15, 0.2) is 5.82 Å². The van der Waals surface area contributed by atoms with E-state index < -0.39 is 32.3 Å². The van der Waals surface area contributed by atoms with Crippen LogP contribution in [0.1, 0.15) is 20.8 Å². The average molecular weight is 310 g/mol. The summed E-state index contributed by atoms with van der Waals surface area (Å²) < 4.78 is 39.6. The molecule has 0 spiro atoms. The van der Waals surface area contributed by atoms with Crippen molar-refractivity contribution in [2.24, 2.45) is 5.41 Å². The molecule has 1 atom stereocenters. The van der Waals surface area contributed by atoms with E-state index in [4.69, 9.17) is 11.6 Å². The molecular weight excluding hydrogens is 293 g/mol. The van der Waals surface area contributed by atoms with Crippen molar-refractivity contribution in [3.63, 3.8) is 0 Å². The number of aliphatic hydroxyl groups is 1. The van der Waals surface area contributed by atoms with Gasteiger partial charge in [0.25, 0.3) is 0 Å². The molecule has 0 saturated heterocycles. The van der Waals surface area contributed by atoms with Gasteiger partial charge in [-0.2, -0.15) is 0 Å². The summed E-state index contributed by atoms with van der Waals surface area (Å²) in [6.45, 7) is 5.11. The molecule has 0 amide bonds. The zero-order chi connectivity index (χ0) is 14.8. The molecule has 0 saturated carbocycles. The second-order valence-corrected chi connectivity index (χ2v) is 7.43. The number of sulfonamides is 1. The van der Waals surface area contributed by atoms with Crippen LogP contribution in [0.4, 0.5) is 4.39 Å². The maximum absolute atomic E-state index is 13.6. The molecule has 19 heavy (non-hydrogen) atoms. The summed E-state index contributed by atoms with van der Waals surface area (Å²) in [7, 11) is -4.04. The molecule has 0 aliphatic heterocycles. The summed E-state index contributed by atoms with van der Waals surface area (Å²) in [6, 6.07) is 3.73. The van der Waals surface area contributed by atoms with Crippen molar-refractivity contribution in [1.29, 1.82) is 0 Å². The molecule has 0 radical (unpaired) electrons. The van der Waals surface area contributed by atoms with Gasteiger partial charge in [-0.25, -0.2) is 17.5 Å². The lowest BCUT2D eigenvalue weighted by atomic mass is 9.89. The second-order valence-electron chi connectivity index (χ2n) is 5.29. The third-order valence-corrected chi connectivity index (χ3v) is 4.40. The van der Waals surface area contributed by atoms with Crippen LogP contribution in [0.3, 0.4) is 0 Å². The van der Waals surface area contributed by atoms with Gasteiger partial charge in [0.05, 0.1) is 11.1 Å². The fourth-order valence-electron chi connectivity index (χ4n) is 1.26. The predicted molar refractivity (Wildman–Crippen MR) is 72.1 cm³/mol. The van der Waals surface area contributed by atoms with E-state index >= 15 is 0 Å². The second kappa shape index (κ2) is 5.75. The molecule has 2 N–H and O–H groups in total. The van der Waals surface area contributed by atoms with Crippen molar-refractivity contribution in [2.75, 3.05) is 6.54 Å². The van der Waals surface area contributed by atoms with Crippen LogP contribution in [0.25, 0.3) is 0 Å². The Morgan fingerprint density at radius 1 is 1.42 bits per heavy atom. The van der Waals surface area contributed by atoms with E-state index in [1.54, 1.807) is 20.8 Å². The van der Waals surface area contributed by atoms with Crippen LogP contribution in [0, 0.1) is 11.2 Å². The average Bonchev–Trinajstić information content (AvgIpc) is 2.28. The summed E-state index contributed by atoms with van der Waals surface area (Å²) in [5.41, 5.74) is -0.477. The highest BCUT2D eigenvalue weighted by molar-refractivity contribution is 7.89. The summed E-state index contributed by atoms with van der Waals surface area (Å²) in [5.74, 6) is -0.998. The van der Waals surface area contributed by atoms with Crippen molar-refractivity contribution in [3.8, 4) is 0 Å².